The number of rotatable bonds is 8. The Labute approximate surface area is 151 Å². The fourth-order valence-electron chi connectivity index (χ4n) is 4.37. The van der Waals surface area contributed by atoms with E-state index in [4.69, 9.17) is 0 Å². The summed E-state index contributed by atoms with van der Waals surface area (Å²) in [5, 5.41) is 9.86. The number of nitriles is 1. The van der Waals surface area contributed by atoms with Gasteiger partial charge in [0.1, 0.15) is 0 Å². The summed E-state index contributed by atoms with van der Waals surface area (Å²) in [6.07, 6.45) is 6.21. The second kappa shape index (κ2) is 6.97. The van der Waals surface area contributed by atoms with Crippen LogP contribution in [0.5, 0.6) is 0 Å². The second-order valence-corrected chi connectivity index (χ2v) is 9.22. The van der Waals surface area contributed by atoms with Crippen LogP contribution in [0.3, 0.4) is 0 Å². The van der Waals surface area contributed by atoms with Crippen molar-refractivity contribution in [3.8, 4) is 6.07 Å². The number of anilines is 1. The number of hydrogen-bond acceptors (Lipinski definition) is 4. The molecule has 3 rings (SSSR count). The number of nitrogens with one attached hydrogen (secondary N) is 1. The highest BCUT2D eigenvalue weighted by Gasteiger charge is 2.69. The van der Waals surface area contributed by atoms with Crippen molar-refractivity contribution in [2.75, 3.05) is 30.6 Å². The number of sulfonamides is 1. The van der Waals surface area contributed by atoms with Crippen LogP contribution in [-0.4, -0.2) is 39.2 Å². The van der Waals surface area contributed by atoms with Crippen LogP contribution in [0.2, 0.25) is 0 Å². The molecular formula is C19H27N3O2S. The largest absolute Gasteiger partial charge is 0.303 e. The standard InChI is InChI=1S/C19H27N3O2S/c1-3-4-5-6-10-22-12-17-18(13-22)19(17,14-20)15-8-7-9-16(11-15)21-25(2,23)24/h7-9,11,17-18,21H,3-6,10,12-13H2,1-2H3. The van der Waals surface area contributed by atoms with E-state index in [0.717, 1.165) is 31.5 Å². The second-order valence-electron chi connectivity index (χ2n) is 7.47. The molecule has 2 atom stereocenters. The smallest absolute Gasteiger partial charge is 0.229 e. The van der Waals surface area contributed by atoms with Crippen molar-refractivity contribution in [1.82, 2.24) is 4.90 Å². The van der Waals surface area contributed by atoms with Gasteiger partial charge < -0.3 is 4.90 Å². The molecule has 2 fully saturated rings. The molecule has 2 aliphatic rings. The number of unbranched alkanes of at least 4 members (excludes halogenated alkanes) is 3. The summed E-state index contributed by atoms with van der Waals surface area (Å²) in [6.45, 7) is 5.31. The van der Waals surface area contributed by atoms with Crippen molar-refractivity contribution in [3.05, 3.63) is 29.8 Å². The molecule has 0 radical (unpaired) electrons. The molecule has 0 aromatic heterocycles. The van der Waals surface area contributed by atoms with Gasteiger partial charge in [0.2, 0.25) is 10.0 Å². The van der Waals surface area contributed by atoms with Crippen LogP contribution in [0.25, 0.3) is 0 Å². The highest BCUT2D eigenvalue weighted by atomic mass is 32.2. The molecule has 25 heavy (non-hydrogen) atoms. The first-order valence-electron chi connectivity index (χ1n) is 9.12. The van der Waals surface area contributed by atoms with Crippen molar-refractivity contribution in [1.29, 1.82) is 5.26 Å². The topological polar surface area (TPSA) is 73.2 Å². The molecule has 136 valence electrons. The third-order valence-corrected chi connectivity index (χ3v) is 6.22. The fourth-order valence-corrected chi connectivity index (χ4v) is 4.92. The average Bonchev–Trinajstić information content (AvgIpc) is 2.94. The van der Waals surface area contributed by atoms with Crippen LogP contribution >= 0.6 is 0 Å². The van der Waals surface area contributed by atoms with Crippen LogP contribution < -0.4 is 4.72 Å². The van der Waals surface area contributed by atoms with Gasteiger partial charge in [-0.15, -0.1) is 0 Å². The number of nitrogens with zero attached hydrogens (tertiary/aromatic N) is 2. The van der Waals surface area contributed by atoms with Crippen LogP contribution in [-0.2, 0) is 15.4 Å². The Morgan fingerprint density at radius 1 is 1.28 bits per heavy atom. The highest BCUT2D eigenvalue weighted by molar-refractivity contribution is 7.92. The monoisotopic (exact) mass is 361 g/mol. The molecule has 1 aromatic rings. The Morgan fingerprint density at radius 3 is 2.60 bits per heavy atom. The first-order chi connectivity index (χ1) is 11.9. The van der Waals surface area contributed by atoms with Gasteiger partial charge in [-0.2, -0.15) is 5.26 Å². The van der Waals surface area contributed by atoms with Gasteiger partial charge in [0.05, 0.1) is 17.7 Å². The van der Waals surface area contributed by atoms with Gasteiger partial charge in [0.15, 0.2) is 0 Å². The summed E-state index contributed by atoms with van der Waals surface area (Å²) in [5.41, 5.74) is 1.05. The van der Waals surface area contributed by atoms with E-state index in [1.165, 1.54) is 25.7 Å². The molecule has 1 saturated carbocycles. The predicted molar refractivity (Wildman–Crippen MR) is 99.8 cm³/mol. The van der Waals surface area contributed by atoms with E-state index >= 15 is 0 Å². The maximum absolute atomic E-state index is 11.4. The molecule has 1 saturated heterocycles. The molecular weight excluding hydrogens is 334 g/mol. The summed E-state index contributed by atoms with van der Waals surface area (Å²) in [7, 11) is -3.31. The SMILES string of the molecule is CCCCCCN1CC2C(C1)C2(C#N)c1cccc(NS(C)(=O)=O)c1. The predicted octanol–water partition coefficient (Wildman–Crippen LogP) is 2.96. The highest BCUT2D eigenvalue weighted by Crippen LogP contribution is 2.63. The van der Waals surface area contributed by atoms with E-state index in [2.05, 4.69) is 22.6 Å². The summed E-state index contributed by atoms with van der Waals surface area (Å²) in [6, 6.07) is 9.90. The normalized spacial score (nSPS) is 28.4. The van der Waals surface area contributed by atoms with E-state index in [-0.39, 0.29) is 0 Å². The summed E-state index contributed by atoms with van der Waals surface area (Å²) in [5.74, 6) is 0.745. The number of fused-ring (bicyclic) bond motifs is 1. The molecule has 1 aliphatic carbocycles. The van der Waals surface area contributed by atoms with Crippen LogP contribution in [0.4, 0.5) is 5.69 Å². The molecule has 0 spiro atoms. The van der Waals surface area contributed by atoms with Gasteiger partial charge in [0, 0.05) is 30.6 Å². The molecule has 2 unspecified atom stereocenters. The van der Waals surface area contributed by atoms with Gasteiger partial charge in [-0.25, -0.2) is 8.42 Å². The maximum atomic E-state index is 11.4. The van der Waals surface area contributed by atoms with E-state index in [0.29, 0.717) is 17.5 Å². The minimum atomic E-state index is -3.31. The van der Waals surface area contributed by atoms with Crippen molar-refractivity contribution in [2.24, 2.45) is 11.8 Å². The van der Waals surface area contributed by atoms with Crippen molar-refractivity contribution in [2.45, 2.75) is 38.0 Å². The summed E-state index contributed by atoms with van der Waals surface area (Å²) < 4.78 is 25.4. The lowest BCUT2D eigenvalue weighted by molar-refractivity contribution is 0.279. The van der Waals surface area contributed by atoms with Gasteiger partial charge >= 0.3 is 0 Å². The Hall–Kier alpha value is -1.58. The zero-order valence-electron chi connectivity index (χ0n) is 15.0. The first kappa shape index (κ1) is 18.2. The molecule has 1 aliphatic heterocycles. The molecule has 0 amide bonds. The lowest BCUT2D eigenvalue weighted by Crippen LogP contribution is -2.30. The van der Waals surface area contributed by atoms with E-state index in [9.17, 15) is 13.7 Å². The number of piperidine rings is 1. The number of likely N-dealkylation sites (tertiary alicyclic amines) is 1. The van der Waals surface area contributed by atoms with Crippen molar-refractivity contribution < 1.29 is 8.42 Å². The Bertz CT molecular complexity index is 757. The third-order valence-electron chi connectivity index (χ3n) is 5.61. The molecule has 1 heterocycles. The lowest BCUT2D eigenvalue weighted by atomic mass is 9.91. The average molecular weight is 362 g/mol. The van der Waals surface area contributed by atoms with Crippen LogP contribution in [0.1, 0.15) is 38.2 Å². The molecule has 0 bridgehead atoms. The van der Waals surface area contributed by atoms with Gasteiger partial charge in [-0.05, 0) is 30.7 Å². The maximum Gasteiger partial charge on any atom is 0.229 e. The molecule has 5 nitrogen and oxygen atoms in total. The quantitative estimate of drug-likeness (QED) is 0.723. The number of hydrogen-bond donors (Lipinski definition) is 1. The van der Waals surface area contributed by atoms with Crippen molar-refractivity contribution in [3.63, 3.8) is 0 Å². The minimum Gasteiger partial charge on any atom is -0.303 e. The lowest BCUT2D eigenvalue weighted by Gasteiger charge is -2.23. The van der Waals surface area contributed by atoms with Crippen LogP contribution in [0.15, 0.2) is 24.3 Å². The third kappa shape index (κ3) is 3.68. The van der Waals surface area contributed by atoms with Gasteiger partial charge in [-0.1, -0.05) is 38.3 Å². The molecule has 1 aromatic carbocycles. The fraction of sp³-hybridized carbons (Fsp3) is 0.632. The van der Waals surface area contributed by atoms with Crippen molar-refractivity contribution >= 4 is 15.7 Å². The minimum absolute atomic E-state index is 0.372. The summed E-state index contributed by atoms with van der Waals surface area (Å²) >= 11 is 0. The zero-order chi connectivity index (χ0) is 18.1. The Morgan fingerprint density at radius 2 is 2.00 bits per heavy atom. The number of benzene rings is 1. The summed E-state index contributed by atoms with van der Waals surface area (Å²) in [4.78, 5) is 2.49. The van der Waals surface area contributed by atoms with Crippen LogP contribution in [0, 0.1) is 23.2 Å². The van der Waals surface area contributed by atoms with E-state index < -0.39 is 15.4 Å². The van der Waals surface area contributed by atoms with E-state index in [1.54, 1.807) is 6.07 Å². The van der Waals surface area contributed by atoms with Gasteiger partial charge in [0.25, 0.3) is 0 Å². The Balaban J connectivity index is 1.66. The zero-order valence-corrected chi connectivity index (χ0v) is 15.8. The van der Waals surface area contributed by atoms with E-state index in [1.807, 2.05) is 18.2 Å². The molecule has 6 heteroatoms. The Kier molecular flexibility index (Phi) is 5.08. The first-order valence-corrected chi connectivity index (χ1v) is 11.0. The van der Waals surface area contributed by atoms with Gasteiger partial charge in [-0.3, -0.25) is 4.72 Å². The molecule has 1 N–H and O–H groups in total.